The van der Waals surface area contributed by atoms with E-state index < -0.39 is 0 Å². The summed E-state index contributed by atoms with van der Waals surface area (Å²) in [6, 6.07) is 0. The second kappa shape index (κ2) is 10.7. The molecule has 2 aromatic heterocycles. The van der Waals surface area contributed by atoms with Crippen LogP contribution in [0, 0.1) is 6.92 Å². The standard InChI is InChI=1S/C19H26N4O4S2/c1-12-21-15(23-27-12)10-28-11-16(24)22-19-17(18(25)20-8-5-9-26-2)13-6-3-4-7-14(13)29-19/h3-11H2,1-2H3,(H,20,25)(H,22,24). The van der Waals surface area contributed by atoms with Crippen LogP contribution in [0.5, 0.6) is 0 Å². The van der Waals surface area contributed by atoms with Crippen LogP contribution in [0.15, 0.2) is 4.52 Å². The molecule has 8 nitrogen and oxygen atoms in total. The summed E-state index contributed by atoms with van der Waals surface area (Å²) in [6.07, 6.45) is 4.79. The van der Waals surface area contributed by atoms with Crippen molar-refractivity contribution >= 4 is 39.9 Å². The van der Waals surface area contributed by atoms with Crippen LogP contribution in [0.25, 0.3) is 0 Å². The number of carbonyl (C=O) groups is 2. The van der Waals surface area contributed by atoms with Crippen molar-refractivity contribution in [2.75, 3.05) is 31.3 Å². The first kappa shape index (κ1) is 21.8. The fraction of sp³-hybridized carbons (Fsp3) is 0.579. The molecule has 2 aromatic rings. The van der Waals surface area contributed by atoms with E-state index in [2.05, 4.69) is 20.8 Å². The van der Waals surface area contributed by atoms with Crippen LogP contribution in [0.2, 0.25) is 0 Å². The van der Waals surface area contributed by atoms with Gasteiger partial charge in [0.2, 0.25) is 11.8 Å². The molecular formula is C19H26N4O4S2. The van der Waals surface area contributed by atoms with Crippen LogP contribution in [0.4, 0.5) is 5.00 Å². The summed E-state index contributed by atoms with van der Waals surface area (Å²) in [7, 11) is 1.64. The number of hydrogen-bond acceptors (Lipinski definition) is 8. The predicted octanol–water partition coefficient (Wildman–Crippen LogP) is 2.96. The number of rotatable bonds is 10. The molecule has 1 aliphatic rings. The van der Waals surface area contributed by atoms with Gasteiger partial charge in [-0.3, -0.25) is 9.59 Å². The van der Waals surface area contributed by atoms with E-state index >= 15 is 0 Å². The van der Waals surface area contributed by atoms with Crippen molar-refractivity contribution in [1.82, 2.24) is 15.5 Å². The molecule has 0 bridgehead atoms. The summed E-state index contributed by atoms with van der Waals surface area (Å²) in [6.45, 7) is 2.88. The molecule has 2 amide bonds. The van der Waals surface area contributed by atoms with Gasteiger partial charge < -0.3 is 19.9 Å². The van der Waals surface area contributed by atoms with E-state index in [1.807, 2.05) is 0 Å². The van der Waals surface area contributed by atoms with Gasteiger partial charge in [-0.25, -0.2) is 0 Å². The summed E-state index contributed by atoms with van der Waals surface area (Å²) in [5.74, 6) is 1.58. The number of nitrogens with zero attached hydrogens (tertiary/aromatic N) is 2. The van der Waals surface area contributed by atoms with Gasteiger partial charge in [0.25, 0.3) is 5.91 Å². The van der Waals surface area contributed by atoms with E-state index in [4.69, 9.17) is 9.26 Å². The van der Waals surface area contributed by atoms with Crippen molar-refractivity contribution in [3.05, 3.63) is 27.7 Å². The molecule has 0 aliphatic heterocycles. The number of fused-ring (bicyclic) bond motifs is 1. The molecule has 0 unspecified atom stereocenters. The minimum atomic E-state index is -0.137. The van der Waals surface area contributed by atoms with E-state index in [0.717, 1.165) is 37.7 Å². The van der Waals surface area contributed by atoms with Gasteiger partial charge >= 0.3 is 0 Å². The molecular weight excluding hydrogens is 412 g/mol. The van der Waals surface area contributed by atoms with Gasteiger partial charge in [-0.05, 0) is 37.7 Å². The molecule has 0 spiro atoms. The first-order chi connectivity index (χ1) is 14.1. The van der Waals surface area contributed by atoms with Crippen molar-refractivity contribution in [1.29, 1.82) is 0 Å². The number of carbonyl (C=O) groups excluding carboxylic acids is 2. The maximum atomic E-state index is 12.8. The van der Waals surface area contributed by atoms with Crippen molar-refractivity contribution < 1.29 is 18.8 Å². The highest BCUT2D eigenvalue weighted by molar-refractivity contribution is 7.99. The zero-order valence-corrected chi connectivity index (χ0v) is 18.3. The Balaban J connectivity index is 1.61. The zero-order valence-electron chi connectivity index (χ0n) is 16.7. The van der Waals surface area contributed by atoms with Crippen LogP contribution in [0.3, 0.4) is 0 Å². The second-order valence-electron chi connectivity index (χ2n) is 6.79. The maximum absolute atomic E-state index is 12.8. The van der Waals surface area contributed by atoms with Gasteiger partial charge in [-0.1, -0.05) is 5.16 Å². The lowest BCUT2D eigenvalue weighted by molar-refractivity contribution is -0.113. The smallest absolute Gasteiger partial charge is 0.254 e. The highest BCUT2D eigenvalue weighted by Gasteiger charge is 2.26. The number of aryl methyl sites for hydroxylation is 2. The number of thioether (sulfide) groups is 1. The topological polar surface area (TPSA) is 106 Å². The Hall–Kier alpha value is -1.91. The first-order valence-electron chi connectivity index (χ1n) is 9.67. The molecule has 0 saturated heterocycles. The highest BCUT2D eigenvalue weighted by atomic mass is 32.2. The van der Waals surface area contributed by atoms with Gasteiger partial charge in [-0.15, -0.1) is 23.1 Å². The molecule has 3 rings (SSSR count). The van der Waals surface area contributed by atoms with Crippen molar-refractivity contribution in [3.63, 3.8) is 0 Å². The number of anilines is 1. The number of amides is 2. The molecule has 29 heavy (non-hydrogen) atoms. The van der Waals surface area contributed by atoms with E-state index in [1.54, 1.807) is 14.0 Å². The molecule has 0 aromatic carbocycles. The Labute approximate surface area is 178 Å². The number of aromatic nitrogens is 2. The Kier molecular flexibility index (Phi) is 8.08. The van der Waals surface area contributed by atoms with Crippen LogP contribution in [0.1, 0.15) is 51.8 Å². The average molecular weight is 439 g/mol. The fourth-order valence-electron chi connectivity index (χ4n) is 3.20. The quantitative estimate of drug-likeness (QED) is 0.549. The highest BCUT2D eigenvalue weighted by Crippen LogP contribution is 2.38. The van der Waals surface area contributed by atoms with Crippen LogP contribution >= 0.6 is 23.1 Å². The minimum Gasteiger partial charge on any atom is -0.385 e. The molecule has 0 fully saturated rings. The van der Waals surface area contributed by atoms with Crippen LogP contribution < -0.4 is 10.6 Å². The minimum absolute atomic E-state index is 0.120. The fourth-order valence-corrected chi connectivity index (χ4v) is 5.16. The number of methoxy groups -OCH3 is 1. The third-order valence-corrected chi connectivity index (χ3v) is 6.63. The number of thiophene rings is 1. The van der Waals surface area contributed by atoms with Gasteiger partial charge in [-0.2, -0.15) is 4.98 Å². The molecule has 158 valence electrons. The third kappa shape index (κ3) is 6.03. The molecule has 2 N–H and O–H groups in total. The Bertz CT molecular complexity index is 849. The lowest BCUT2D eigenvalue weighted by Crippen LogP contribution is -2.27. The van der Waals surface area contributed by atoms with Gasteiger partial charge in [0.1, 0.15) is 5.00 Å². The number of hydrogen-bond donors (Lipinski definition) is 2. The van der Waals surface area contributed by atoms with E-state index in [1.165, 1.54) is 28.0 Å². The monoisotopic (exact) mass is 438 g/mol. The summed E-state index contributed by atoms with van der Waals surface area (Å²) < 4.78 is 9.96. The molecule has 0 atom stereocenters. The number of nitrogens with one attached hydrogen (secondary N) is 2. The molecule has 1 aliphatic carbocycles. The Morgan fingerprint density at radius 3 is 2.90 bits per heavy atom. The summed E-state index contributed by atoms with van der Waals surface area (Å²) in [4.78, 5) is 30.6. The van der Waals surface area contributed by atoms with Gasteiger partial charge in [0, 0.05) is 32.1 Å². The van der Waals surface area contributed by atoms with E-state index in [0.29, 0.717) is 41.2 Å². The summed E-state index contributed by atoms with van der Waals surface area (Å²) >= 11 is 2.94. The van der Waals surface area contributed by atoms with Crippen molar-refractivity contribution in [2.24, 2.45) is 0 Å². The van der Waals surface area contributed by atoms with Crippen LogP contribution in [-0.4, -0.2) is 48.0 Å². The SMILES string of the molecule is COCCCNC(=O)c1c(NC(=O)CSCc2noc(C)n2)sc2c1CCCC2. The molecule has 10 heteroatoms. The van der Waals surface area contributed by atoms with E-state index in [9.17, 15) is 9.59 Å². The molecule has 0 radical (unpaired) electrons. The summed E-state index contributed by atoms with van der Waals surface area (Å²) in [5, 5.41) is 10.4. The maximum Gasteiger partial charge on any atom is 0.254 e. The lowest BCUT2D eigenvalue weighted by atomic mass is 9.95. The van der Waals surface area contributed by atoms with Gasteiger partial charge in [0.05, 0.1) is 17.1 Å². The molecule has 2 heterocycles. The third-order valence-electron chi connectivity index (χ3n) is 4.50. The predicted molar refractivity (Wildman–Crippen MR) is 114 cm³/mol. The largest absolute Gasteiger partial charge is 0.385 e. The Morgan fingerprint density at radius 1 is 1.31 bits per heavy atom. The second-order valence-corrected chi connectivity index (χ2v) is 8.88. The van der Waals surface area contributed by atoms with E-state index in [-0.39, 0.29) is 17.6 Å². The Morgan fingerprint density at radius 2 is 2.14 bits per heavy atom. The van der Waals surface area contributed by atoms with Crippen molar-refractivity contribution in [2.45, 2.75) is 44.8 Å². The van der Waals surface area contributed by atoms with Crippen molar-refractivity contribution in [3.8, 4) is 0 Å². The normalized spacial score (nSPS) is 13.2. The van der Waals surface area contributed by atoms with Crippen LogP contribution in [-0.2, 0) is 28.1 Å². The average Bonchev–Trinajstić information content (AvgIpc) is 3.28. The number of ether oxygens (including phenoxy) is 1. The first-order valence-corrected chi connectivity index (χ1v) is 11.6. The zero-order chi connectivity index (χ0) is 20.6. The van der Waals surface area contributed by atoms with Gasteiger partial charge in [0.15, 0.2) is 5.82 Å². The lowest BCUT2D eigenvalue weighted by Gasteiger charge is -2.13. The molecule has 0 saturated carbocycles. The summed E-state index contributed by atoms with van der Waals surface area (Å²) in [5.41, 5.74) is 1.73.